The molecule has 1 aromatic rings. The van der Waals surface area contributed by atoms with Gasteiger partial charge in [0.2, 0.25) is 0 Å². The molecule has 0 saturated heterocycles. The summed E-state index contributed by atoms with van der Waals surface area (Å²) in [5, 5.41) is 5.93. The summed E-state index contributed by atoms with van der Waals surface area (Å²) in [6, 6.07) is -0.449. The molecule has 2 amide bonds. The maximum Gasteiger partial charge on any atom is 0.339 e. The number of carbonyl (C=O) groups is 1. The first-order chi connectivity index (χ1) is 7.70. The molecular weight excluding hydrogens is 226 g/mol. The molecule has 1 heterocycles. The van der Waals surface area contributed by atoms with Crippen LogP contribution < -0.4 is 10.8 Å². The van der Waals surface area contributed by atoms with Crippen LogP contribution in [0.1, 0.15) is 42.4 Å². The minimum atomic E-state index is -0.351. The Bertz CT molecular complexity index is 376. The van der Waals surface area contributed by atoms with Crippen LogP contribution in [0.4, 0.5) is 4.79 Å². The average Bonchev–Trinajstić information content (AvgIpc) is 2.96. The highest BCUT2D eigenvalue weighted by atomic mass is 32.1. The van der Waals surface area contributed by atoms with Crippen molar-refractivity contribution in [1.82, 2.24) is 15.8 Å². The van der Waals surface area contributed by atoms with E-state index in [0.29, 0.717) is 5.92 Å². The largest absolute Gasteiger partial charge is 0.339 e. The van der Waals surface area contributed by atoms with Gasteiger partial charge >= 0.3 is 6.03 Å². The number of amides is 2. The predicted octanol–water partition coefficient (Wildman–Crippen LogP) is 1.94. The van der Waals surface area contributed by atoms with E-state index in [1.54, 1.807) is 11.3 Å². The van der Waals surface area contributed by atoms with Crippen molar-refractivity contribution in [3.8, 4) is 0 Å². The highest BCUT2D eigenvalue weighted by Crippen LogP contribution is 2.41. The average molecular weight is 241 g/mol. The van der Waals surface area contributed by atoms with E-state index < -0.39 is 0 Å². The van der Waals surface area contributed by atoms with Crippen LogP contribution in [0.15, 0.2) is 5.38 Å². The zero-order valence-electron chi connectivity index (χ0n) is 9.32. The zero-order chi connectivity index (χ0) is 11.5. The number of hydrogen-bond donors (Lipinski definition) is 2. The van der Waals surface area contributed by atoms with Gasteiger partial charge < -0.3 is 5.32 Å². The summed E-state index contributed by atoms with van der Waals surface area (Å²) in [5.74, 6) is 0.666. The number of nitrogens with zero attached hydrogens (tertiary/aromatic N) is 1. The number of urea groups is 1. The van der Waals surface area contributed by atoms with E-state index >= 15 is 0 Å². The van der Waals surface area contributed by atoms with Gasteiger partial charge in [-0.05, 0) is 19.8 Å². The monoisotopic (exact) mass is 241 g/mol. The zero-order valence-corrected chi connectivity index (χ0v) is 10.1. The number of hydrogen-bond acceptors (Lipinski definition) is 4. The van der Waals surface area contributed by atoms with Crippen molar-refractivity contribution in [3.05, 3.63) is 16.1 Å². The van der Waals surface area contributed by atoms with E-state index in [0.717, 1.165) is 5.69 Å². The molecule has 0 aromatic carbocycles. The molecule has 2 rings (SSSR count). The molecule has 0 radical (unpaired) electrons. The second-order valence-corrected chi connectivity index (χ2v) is 4.78. The molecule has 1 unspecified atom stereocenters. The first-order valence-electron chi connectivity index (χ1n) is 5.25. The van der Waals surface area contributed by atoms with Crippen molar-refractivity contribution in [2.45, 2.75) is 31.7 Å². The molecule has 1 saturated carbocycles. The third-order valence-corrected chi connectivity index (χ3v) is 3.48. The first kappa shape index (κ1) is 11.3. The molecule has 0 bridgehead atoms. The Labute approximate surface area is 98.2 Å². The molecule has 2 N–H and O–H groups in total. The second kappa shape index (κ2) is 4.80. The van der Waals surface area contributed by atoms with E-state index in [1.807, 2.05) is 12.3 Å². The van der Waals surface area contributed by atoms with Gasteiger partial charge in [0.1, 0.15) is 0 Å². The van der Waals surface area contributed by atoms with E-state index in [9.17, 15) is 4.79 Å². The van der Waals surface area contributed by atoms with Gasteiger partial charge in [-0.2, -0.15) is 0 Å². The minimum Gasteiger partial charge on any atom is -0.328 e. The number of rotatable bonds is 4. The van der Waals surface area contributed by atoms with Gasteiger partial charge in [-0.25, -0.2) is 15.3 Å². The topological polar surface area (TPSA) is 63.2 Å². The van der Waals surface area contributed by atoms with Crippen molar-refractivity contribution in [1.29, 1.82) is 0 Å². The smallest absolute Gasteiger partial charge is 0.328 e. The molecule has 1 atom stereocenters. The van der Waals surface area contributed by atoms with E-state index in [-0.39, 0.29) is 12.1 Å². The lowest BCUT2D eigenvalue weighted by molar-refractivity contribution is 0.106. The number of carbonyl (C=O) groups excluding carboxylic acids is 1. The Hall–Kier alpha value is -1.14. The van der Waals surface area contributed by atoms with Gasteiger partial charge in [0.25, 0.3) is 0 Å². The number of nitrogens with one attached hydrogen (secondary N) is 2. The number of aromatic nitrogens is 1. The van der Waals surface area contributed by atoms with E-state index in [1.165, 1.54) is 25.0 Å². The van der Waals surface area contributed by atoms with Crippen LogP contribution >= 0.6 is 11.3 Å². The lowest BCUT2D eigenvalue weighted by Crippen LogP contribution is -2.36. The summed E-state index contributed by atoms with van der Waals surface area (Å²) in [5.41, 5.74) is 3.13. The van der Waals surface area contributed by atoms with Crippen LogP contribution in [0.2, 0.25) is 0 Å². The molecule has 16 heavy (non-hydrogen) atoms. The molecule has 5 nitrogen and oxygen atoms in total. The molecule has 0 spiro atoms. The highest BCUT2D eigenvalue weighted by molar-refractivity contribution is 7.09. The van der Waals surface area contributed by atoms with Crippen LogP contribution in [-0.2, 0) is 4.84 Å². The standard InChI is InChI=1S/C10H15N3O2S/c1-6(11-10(14)13-15-2)8-5-16-9(12-8)7-3-4-7/h5-7H,3-4H2,1-2H3,(H2,11,13,14). The number of hydroxylamine groups is 1. The maximum absolute atomic E-state index is 11.2. The fourth-order valence-corrected chi connectivity index (χ4v) is 2.49. The molecule has 1 aliphatic rings. The molecular formula is C10H15N3O2S. The Balaban J connectivity index is 1.91. The predicted molar refractivity (Wildman–Crippen MR) is 61.2 cm³/mol. The Morgan fingerprint density at radius 2 is 2.44 bits per heavy atom. The van der Waals surface area contributed by atoms with Crippen molar-refractivity contribution in [2.75, 3.05) is 7.11 Å². The summed E-state index contributed by atoms with van der Waals surface area (Å²) in [6.07, 6.45) is 2.50. The third kappa shape index (κ3) is 2.70. The van der Waals surface area contributed by atoms with Gasteiger partial charge in [-0.15, -0.1) is 11.3 Å². The highest BCUT2D eigenvalue weighted by Gasteiger charge is 2.27. The summed E-state index contributed by atoms with van der Waals surface area (Å²) in [7, 11) is 1.40. The van der Waals surface area contributed by atoms with Crippen LogP contribution in [0.25, 0.3) is 0 Å². The van der Waals surface area contributed by atoms with Gasteiger partial charge in [0.15, 0.2) is 0 Å². The first-order valence-corrected chi connectivity index (χ1v) is 6.13. The molecule has 6 heteroatoms. The fraction of sp³-hybridized carbons (Fsp3) is 0.600. The molecule has 0 aliphatic heterocycles. The van der Waals surface area contributed by atoms with Crippen molar-refractivity contribution < 1.29 is 9.63 Å². The SMILES string of the molecule is CONC(=O)NC(C)c1csc(C2CC2)n1. The molecule has 1 aromatic heterocycles. The molecule has 1 fully saturated rings. The third-order valence-electron chi connectivity index (χ3n) is 2.45. The van der Waals surface area contributed by atoms with Crippen LogP contribution in [-0.4, -0.2) is 18.1 Å². The molecule has 88 valence electrons. The Kier molecular flexibility index (Phi) is 3.40. The van der Waals surface area contributed by atoms with Crippen LogP contribution in [0.3, 0.4) is 0 Å². The van der Waals surface area contributed by atoms with Crippen LogP contribution in [0, 0.1) is 0 Å². The lowest BCUT2D eigenvalue weighted by atomic mass is 10.2. The summed E-state index contributed by atoms with van der Waals surface area (Å²) >= 11 is 1.67. The quantitative estimate of drug-likeness (QED) is 0.792. The Morgan fingerprint density at radius 3 is 3.06 bits per heavy atom. The van der Waals surface area contributed by atoms with Crippen molar-refractivity contribution in [3.63, 3.8) is 0 Å². The maximum atomic E-state index is 11.2. The van der Waals surface area contributed by atoms with Crippen molar-refractivity contribution in [2.24, 2.45) is 0 Å². The number of thiazole rings is 1. The van der Waals surface area contributed by atoms with Gasteiger partial charge in [-0.1, -0.05) is 0 Å². The molecule has 1 aliphatic carbocycles. The van der Waals surface area contributed by atoms with E-state index in [4.69, 9.17) is 0 Å². The van der Waals surface area contributed by atoms with Gasteiger partial charge in [-0.3, -0.25) is 4.84 Å². The lowest BCUT2D eigenvalue weighted by Gasteiger charge is -2.11. The van der Waals surface area contributed by atoms with Gasteiger partial charge in [0, 0.05) is 11.3 Å². The summed E-state index contributed by atoms with van der Waals surface area (Å²) < 4.78 is 0. The van der Waals surface area contributed by atoms with E-state index in [2.05, 4.69) is 20.6 Å². The summed E-state index contributed by atoms with van der Waals surface area (Å²) in [6.45, 7) is 1.90. The fourth-order valence-electron chi connectivity index (χ4n) is 1.41. The normalized spacial score (nSPS) is 16.9. The second-order valence-electron chi connectivity index (χ2n) is 3.89. The van der Waals surface area contributed by atoms with Gasteiger partial charge in [0.05, 0.1) is 23.9 Å². The summed E-state index contributed by atoms with van der Waals surface area (Å²) in [4.78, 5) is 20.2. The minimum absolute atomic E-state index is 0.0982. The Morgan fingerprint density at radius 1 is 1.69 bits per heavy atom. The van der Waals surface area contributed by atoms with Crippen LogP contribution in [0.5, 0.6) is 0 Å². The van der Waals surface area contributed by atoms with Crippen molar-refractivity contribution >= 4 is 17.4 Å².